The SMILES string of the molecule is NC(=O)CC[C@H](NC(=O)[C@@H]1CCCN1C(=O)CNC(=O)[C@@H]1CCCN1)C(=O)N1CCC[C@H]1C(=O)N1CCC[C@H]1C(=O)O. The van der Waals surface area contributed by atoms with Gasteiger partial charge in [-0.2, -0.15) is 0 Å². The molecule has 0 bridgehead atoms. The first kappa shape index (κ1) is 31.2. The van der Waals surface area contributed by atoms with Gasteiger partial charge in [0.05, 0.1) is 12.6 Å². The number of aliphatic carboxylic acids is 1. The molecule has 15 nitrogen and oxygen atoms in total. The van der Waals surface area contributed by atoms with E-state index in [1.54, 1.807) is 0 Å². The van der Waals surface area contributed by atoms with Crippen LogP contribution in [0.15, 0.2) is 0 Å². The van der Waals surface area contributed by atoms with Crippen LogP contribution >= 0.6 is 0 Å². The molecule has 0 aromatic rings. The summed E-state index contributed by atoms with van der Waals surface area (Å²) in [7, 11) is 0. The minimum absolute atomic E-state index is 0.0934. The summed E-state index contributed by atoms with van der Waals surface area (Å²) < 4.78 is 0. The quantitative estimate of drug-likeness (QED) is 0.174. The van der Waals surface area contributed by atoms with E-state index < -0.39 is 59.7 Å². The van der Waals surface area contributed by atoms with Crippen LogP contribution in [0.4, 0.5) is 0 Å². The molecule has 232 valence electrons. The Morgan fingerprint density at radius 2 is 1.45 bits per heavy atom. The molecule has 5 atom stereocenters. The molecule has 15 heteroatoms. The number of nitrogens with one attached hydrogen (secondary N) is 3. The fourth-order valence-electron chi connectivity index (χ4n) is 6.41. The van der Waals surface area contributed by atoms with Gasteiger partial charge in [-0.3, -0.25) is 28.8 Å². The van der Waals surface area contributed by atoms with E-state index in [2.05, 4.69) is 16.0 Å². The van der Waals surface area contributed by atoms with Crippen LogP contribution in [0.2, 0.25) is 0 Å². The average molecular weight is 592 g/mol. The predicted molar refractivity (Wildman–Crippen MR) is 146 cm³/mol. The van der Waals surface area contributed by atoms with Crippen LogP contribution in [0, 0.1) is 0 Å². The van der Waals surface area contributed by atoms with Crippen molar-refractivity contribution in [1.29, 1.82) is 0 Å². The van der Waals surface area contributed by atoms with E-state index in [0.717, 1.165) is 13.0 Å². The first-order chi connectivity index (χ1) is 20.1. The Balaban J connectivity index is 1.40. The molecule has 0 aliphatic carbocycles. The molecule has 0 aromatic heterocycles. The summed E-state index contributed by atoms with van der Waals surface area (Å²) in [6.45, 7) is 1.34. The van der Waals surface area contributed by atoms with Gasteiger partial charge in [-0.25, -0.2) is 4.79 Å². The Morgan fingerprint density at radius 3 is 2.10 bits per heavy atom. The van der Waals surface area contributed by atoms with Gasteiger partial charge in [0.2, 0.25) is 35.4 Å². The number of hydrogen-bond donors (Lipinski definition) is 5. The van der Waals surface area contributed by atoms with Gasteiger partial charge >= 0.3 is 5.97 Å². The maximum atomic E-state index is 13.7. The highest BCUT2D eigenvalue weighted by atomic mass is 16.4. The standard InChI is InChI=1S/C27H41N7O8/c28-21(35)10-9-17(25(39)33-13-3-7-19(33)26(40)34-14-4-8-20(34)27(41)42)31-24(38)18-6-2-12-32(18)22(36)15-30-23(37)16-5-1-11-29-16/h16-20,29H,1-15H2,(H2,28,35)(H,30,37)(H,31,38)(H,41,42)/t16-,17-,18-,19-,20-/m0/s1. The molecule has 4 rings (SSSR count). The number of primary amides is 1. The number of nitrogens with zero attached hydrogens (tertiary/aromatic N) is 3. The third-order valence-corrected chi connectivity index (χ3v) is 8.60. The van der Waals surface area contributed by atoms with Gasteiger partial charge in [-0.05, 0) is 64.3 Å². The Bertz CT molecular complexity index is 1090. The zero-order valence-electron chi connectivity index (χ0n) is 23.7. The van der Waals surface area contributed by atoms with E-state index in [0.29, 0.717) is 58.0 Å². The minimum atomic E-state index is -1.17. The van der Waals surface area contributed by atoms with Gasteiger partial charge in [0.1, 0.15) is 24.2 Å². The number of likely N-dealkylation sites (tertiary alicyclic amines) is 3. The maximum absolute atomic E-state index is 13.7. The lowest BCUT2D eigenvalue weighted by molar-refractivity contribution is -0.152. The highest BCUT2D eigenvalue weighted by molar-refractivity contribution is 5.96. The van der Waals surface area contributed by atoms with Gasteiger partial charge < -0.3 is 41.5 Å². The van der Waals surface area contributed by atoms with Crippen molar-refractivity contribution >= 4 is 41.4 Å². The number of rotatable bonds is 11. The summed E-state index contributed by atoms with van der Waals surface area (Å²) in [5.41, 5.74) is 5.33. The second-order valence-corrected chi connectivity index (χ2v) is 11.4. The van der Waals surface area contributed by atoms with E-state index in [1.807, 2.05) is 0 Å². The van der Waals surface area contributed by atoms with Gasteiger partial charge in [-0.1, -0.05) is 0 Å². The van der Waals surface area contributed by atoms with Gasteiger partial charge in [-0.15, -0.1) is 0 Å². The van der Waals surface area contributed by atoms with Gasteiger partial charge in [0, 0.05) is 26.1 Å². The summed E-state index contributed by atoms with van der Waals surface area (Å²) >= 11 is 0. The second-order valence-electron chi connectivity index (χ2n) is 11.4. The zero-order valence-corrected chi connectivity index (χ0v) is 23.7. The molecule has 4 aliphatic heterocycles. The normalized spacial score (nSPS) is 26.2. The van der Waals surface area contributed by atoms with Crippen molar-refractivity contribution in [1.82, 2.24) is 30.7 Å². The molecule has 0 spiro atoms. The summed E-state index contributed by atoms with van der Waals surface area (Å²) in [4.78, 5) is 92.9. The predicted octanol–water partition coefficient (Wildman–Crippen LogP) is -2.34. The van der Waals surface area contributed by atoms with Crippen LogP contribution in [0.1, 0.15) is 64.2 Å². The summed E-state index contributed by atoms with van der Waals surface area (Å²) in [6, 6.07) is -4.18. The minimum Gasteiger partial charge on any atom is -0.480 e. The molecular formula is C27H41N7O8. The van der Waals surface area contributed by atoms with Gasteiger partial charge in [0.15, 0.2) is 0 Å². The number of carbonyl (C=O) groups is 7. The molecule has 4 fully saturated rings. The third-order valence-electron chi connectivity index (χ3n) is 8.60. The number of carboxylic acid groups (broad SMARTS) is 1. The Kier molecular flexibility index (Phi) is 10.4. The fraction of sp³-hybridized carbons (Fsp3) is 0.741. The fourth-order valence-corrected chi connectivity index (χ4v) is 6.41. The van der Waals surface area contributed by atoms with Gasteiger partial charge in [0.25, 0.3) is 0 Å². The Labute approximate surface area is 243 Å². The van der Waals surface area contributed by atoms with E-state index >= 15 is 0 Å². The van der Waals surface area contributed by atoms with E-state index in [-0.39, 0.29) is 37.9 Å². The number of hydrogen-bond acceptors (Lipinski definition) is 8. The maximum Gasteiger partial charge on any atom is 0.326 e. The molecule has 4 saturated heterocycles. The zero-order chi connectivity index (χ0) is 30.4. The van der Waals surface area contributed by atoms with E-state index in [1.165, 1.54) is 14.7 Å². The summed E-state index contributed by atoms with van der Waals surface area (Å²) in [6.07, 6.45) is 3.99. The lowest BCUT2D eigenvalue weighted by atomic mass is 10.1. The molecular weight excluding hydrogens is 550 g/mol. The van der Waals surface area contributed by atoms with Crippen LogP contribution in [0.25, 0.3) is 0 Å². The van der Waals surface area contributed by atoms with Crippen molar-refractivity contribution in [3.63, 3.8) is 0 Å². The Hall–Kier alpha value is -3.75. The molecule has 6 amide bonds. The van der Waals surface area contributed by atoms with Crippen molar-refractivity contribution in [2.75, 3.05) is 32.7 Å². The number of nitrogens with two attached hydrogens (primary N) is 1. The second kappa shape index (κ2) is 13.9. The monoisotopic (exact) mass is 591 g/mol. The third kappa shape index (κ3) is 7.17. The molecule has 6 N–H and O–H groups in total. The molecule has 42 heavy (non-hydrogen) atoms. The smallest absolute Gasteiger partial charge is 0.326 e. The van der Waals surface area contributed by atoms with Crippen molar-refractivity contribution in [3.05, 3.63) is 0 Å². The Morgan fingerprint density at radius 1 is 0.810 bits per heavy atom. The van der Waals surface area contributed by atoms with Crippen molar-refractivity contribution in [2.24, 2.45) is 5.73 Å². The van der Waals surface area contributed by atoms with Crippen molar-refractivity contribution in [3.8, 4) is 0 Å². The van der Waals surface area contributed by atoms with Crippen LogP contribution in [-0.2, 0) is 33.6 Å². The molecule has 4 heterocycles. The van der Waals surface area contributed by atoms with Crippen LogP contribution in [0.3, 0.4) is 0 Å². The average Bonchev–Trinajstić information content (AvgIpc) is 3.78. The number of amides is 6. The first-order valence-corrected chi connectivity index (χ1v) is 14.8. The largest absolute Gasteiger partial charge is 0.480 e. The van der Waals surface area contributed by atoms with E-state index in [4.69, 9.17) is 5.73 Å². The van der Waals surface area contributed by atoms with Crippen LogP contribution in [0.5, 0.6) is 0 Å². The molecule has 0 unspecified atom stereocenters. The lowest BCUT2D eigenvalue weighted by Crippen LogP contribution is -2.57. The number of carboxylic acids is 1. The molecule has 0 radical (unpaired) electrons. The van der Waals surface area contributed by atoms with Crippen LogP contribution < -0.4 is 21.7 Å². The van der Waals surface area contributed by atoms with Crippen LogP contribution in [-0.4, -0.2) is 124 Å². The summed E-state index contributed by atoms with van der Waals surface area (Å²) in [5, 5.41) is 17.9. The molecule has 0 aromatic carbocycles. The van der Waals surface area contributed by atoms with E-state index in [9.17, 15) is 38.7 Å². The van der Waals surface area contributed by atoms with Crippen molar-refractivity contribution in [2.45, 2.75) is 94.4 Å². The first-order valence-electron chi connectivity index (χ1n) is 14.8. The molecule has 4 aliphatic rings. The summed E-state index contributed by atoms with van der Waals surface area (Å²) in [5.74, 6) is -4.00. The lowest BCUT2D eigenvalue weighted by Gasteiger charge is -2.33. The molecule has 0 saturated carbocycles. The number of carbonyl (C=O) groups excluding carboxylic acids is 6. The van der Waals surface area contributed by atoms with Crippen molar-refractivity contribution < 1.29 is 38.7 Å². The highest BCUT2D eigenvalue weighted by Gasteiger charge is 2.44. The topological polar surface area (TPSA) is 212 Å². The highest BCUT2D eigenvalue weighted by Crippen LogP contribution is 2.26.